The smallest absolute Gasteiger partial charge is 0.222 e. The lowest BCUT2D eigenvalue weighted by Gasteiger charge is -2.30. The Kier molecular flexibility index (Phi) is 3.87. The van der Waals surface area contributed by atoms with E-state index < -0.39 is 0 Å². The van der Waals surface area contributed by atoms with Crippen molar-refractivity contribution in [2.75, 3.05) is 13.6 Å². The molecule has 0 aromatic heterocycles. The Bertz CT molecular complexity index is 445. The summed E-state index contributed by atoms with van der Waals surface area (Å²) in [7, 11) is 1.83. The van der Waals surface area contributed by atoms with Gasteiger partial charge < -0.3 is 15.3 Å². The Morgan fingerprint density at radius 3 is 3.00 bits per heavy atom. The van der Waals surface area contributed by atoms with Crippen LogP contribution >= 0.6 is 0 Å². The summed E-state index contributed by atoms with van der Waals surface area (Å²) in [5, 5.41) is 13.2. The van der Waals surface area contributed by atoms with Gasteiger partial charge in [0.15, 0.2) is 0 Å². The van der Waals surface area contributed by atoms with Crippen molar-refractivity contribution in [2.24, 2.45) is 0 Å². The molecule has 98 valence electrons. The SMILES string of the molecule is Cc1ccc(O)c(CNC2CCC(=O)N(C)C2)c1. The average Bonchev–Trinajstić information content (AvgIpc) is 2.34. The van der Waals surface area contributed by atoms with Crippen LogP contribution < -0.4 is 5.32 Å². The molecule has 1 unspecified atom stereocenters. The van der Waals surface area contributed by atoms with E-state index in [0.717, 1.165) is 24.1 Å². The lowest BCUT2D eigenvalue weighted by Crippen LogP contribution is -2.46. The Morgan fingerprint density at radius 2 is 2.28 bits per heavy atom. The van der Waals surface area contributed by atoms with Gasteiger partial charge in [0.1, 0.15) is 5.75 Å². The summed E-state index contributed by atoms with van der Waals surface area (Å²) in [4.78, 5) is 13.1. The molecule has 1 aliphatic rings. The molecule has 4 heteroatoms. The number of likely N-dealkylation sites (N-methyl/N-ethyl adjacent to an activating group) is 1. The van der Waals surface area contributed by atoms with Crippen molar-refractivity contribution in [1.29, 1.82) is 0 Å². The predicted molar refractivity (Wildman–Crippen MR) is 70.3 cm³/mol. The Labute approximate surface area is 108 Å². The van der Waals surface area contributed by atoms with E-state index in [4.69, 9.17) is 0 Å². The van der Waals surface area contributed by atoms with Gasteiger partial charge in [-0.25, -0.2) is 0 Å². The van der Waals surface area contributed by atoms with Crippen LogP contribution in [0.5, 0.6) is 5.75 Å². The van der Waals surface area contributed by atoms with Crippen molar-refractivity contribution in [3.8, 4) is 5.75 Å². The quantitative estimate of drug-likeness (QED) is 0.850. The van der Waals surface area contributed by atoms with E-state index in [2.05, 4.69) is 5.32 Å². The highest BCUT2D eigenvalue weighted by molar-refractivity contribution is 5.76. The maximum atomic E-state index is 11.4. The highest BCUT2D eigenvalue weighted by atomic mass is 16.3. The van der Waals surface area contributed by atoms with Crippen LogP contribution in [0.1, 0.15) is 24.0 Å². The highest BCUT2D eigenvalue weighted by Crippen LogP contribution is 2.18. The van der Waals surface area contributed by atoms with Gasteiger partial charge in [-0.1, -0.05) is 17.7 Å². The van der Waals surface area contributed by atoms with Gasteiger partial charge in [0.2, 0.25) is 5.91 Å². The monoisotopic (exact) mass is 248 g/mol. The number of aromatic hydroxyl groups is 1. The fourth-order valence-corrected chi connectivity index (χ4v) is 2.29. The molecule has 0 radical (unpaired) electrons. The largest absolute Gasteiger partial charge is 0.508 e. The van der Waals surface area contributed by atoms with E-state index >= 15 is 0 Å². The zero-order valence-corrected chi connectivity index (χ0v) is 10.9. The van der Waals surface area contributed by atoms with Crippen LogP contribution in [0.4, 0.5) is 0 Å². The van der Waals surface area contributed by atoms with Crippen molar-refractivity contribution in [3.05, 3.63) is 29.3 Å². The van der Waals surface area contributed by atoms with E-state index in [9.17, 15) is 9.90 Å². The van der Waals surface area contributed by atoms with Gasteiger partial charge in [-0.05, 0) is 19.4 Å². The topological polar surface area (TPSA) is 52.6 Å². The Morgan fingerprint density at radius 1 is 1.50 bits per heavy atom. The number of hydrogen-bond acceptors (Lipinski definition) is 3. The zero-order chi connectivity index (χ0) is 13.1. The van der Waals surface area contributed by atoms with E-state index in [-0.39, 0.29) is 5.91 Å². The second-order valence-corrected chi connectivity index (χ2v) is 5.02. The number of hydrogen-bond donors (Lipinski definition) is 2. The van der Waals surface area contributed by atoms with Crippen molar-refractivity contribution in [3.63, 3.8) is 0 Å². The highest BCUT2D eigenvalue weighted by Gasteiger charge is 2.22. The third-order valence-electron chi connectivity index (χ3n) is 3.44. The molecule has 0 saturated carbocycles. The molecule has 1 saturated heterocycles. The molecule has 1 heterocycles. The molecule has 2 rings (SSSR count). The summed E-state index contributed by atoms with van der Waals surface area (Å²) in [6.45, 7) is 3.39. The minimum absolute atomic E-state index is 0.214. The third-order valence-corrected chi connectivity index (χ3v) is 3.44. The Hall–Kier alpha value is -1.55. The maximum Gasteiger partial charge on any atom is 0.222 e. The van der Waals surface area contributed by atoms with Crippen LogP contribution in [0.2, 0.25) is 0 Å². The first-order valence-corrected chi connectivity index (χ1v) is 6.32. The molecule has 2 N–H and O–H groups in total. The molecule has 1 aromatic carbocycles. The van der Waals surface area contributed by atoms with Crippen LogP contribution in [0, 0.1) is 6.92 Å². The standard InChI is InChI=1S/C14H20N2O2/c1-10-3-5-13(17)11(7-10)8-15-12-4-6-14(18)16(2)9-12/h3,5,7,12,15,17H,4,6,8-9H2,1-2H3. The number of aryl methyl sites for hydroxylation is 1. The van der Waals surface area contributed by atoms with Gasteiger partial charge in [0, 0.05) is 38.2 Å². The summed E-state index contributed by atoms with van der Waals surface area (Å²) >= 11 is 0. The first-order chi connectivity index (χ1) is 8.56. The van der Waals surface area contributed by atoms with Crippen LogP contribution in [-0.4, -0.2) is 35.5 Å². The van der Waals surface area contributed by atoms with Gasteiger partial charge in [0.05, 0.1) is 0 Å². The van der Waals surface area contributed by atoms with Gasteiger partial charge in [-0.15, -0.1) is 0 Å². The number of benzene rings is 1. The van der Waals surface area contributed by atoms with Crippen molar-refractivity contribution >= 4 is 5.91 Å². The van der Waals surface area contributed by atoms with Crippen molar-refractivity contribution in [2.45, 2.75) is 32.4 Å². The molecule has 4 nitrogen and oxygen atoms in total. The normalized spacial score (nSPS) is 20.2. The molecular weight excluding hydrogens is 228 g/mol. The number of rotatable bonds is 3. The molecular formula is C14H20N2O2. The predicted octanol–water partition coefficient (Wildman–Crippen LogP) is 1.41. The van der Waals surface area contributed by atoms with Gasteiger partial charge in [-0.3, -0.25) is 4.79 Å². The van der Waals surface area contributed by atoms with Crippen LogP contribution in [0.15, 0.2) is 18.2 Å². The fourth-order valence-electron chi connectivity index (χ4n) is 2.29. The lowest BCUT2D eigenvalue weighted by molar-refractivity contribution is -0.132. The summed E-state index contributed by atoms with van der Waals surface area (Å²) in [5.74, 6) is 0.541. The molecule has 1 aliphatic heterocycles. The number of phenolic OH excluding ortho intramolecular Hbond substituents is 1. The van der Waals surface area contributed by atoms with Gasteiger partial charge in [0.25, 0.3) is 0 Å². The van der Waals surface area contributed by atoms with Crippen molar-refractivity contribution in [1.82, 2.24) is 10.2 Å². The lowest BCUT2D eigenvalue weighted by atomic mass is 10.0. The molecule has 0 aliphatic carbocycles. The molecule has 1 aromatic rings. The van der Waals surface area contributed by atoms with Crippen LogP contribution in [0.3, 0.4) is 0 Å². The van der Waals surface area contributed by atoms with E-state index in [1.807, 2.05) is 26.1 Å². The zero-order valence-electron chi connectivity index (χ0n) is 10.9. The number of nitrogens with one attached hydrogen (secondary N) is 1. The van der Waals surface area contributed by atoms with Crippen LogP contribution in [-0.2, 0) is 11.3 Å². The van der Waals surface area contributed by atoms with E-state index in [1.165, 1.54) is 0 Å². The minimum Gasteiger partial charge on any atom is -0.508 e. The van der Waals surface area contributed by atoms with Crippen molar-refractivity contribution < 1.29 is 9.90 Å². The Balaban J connectivity index is 1.91. The summed E-state index contributed by atoms with van der Waals surface area (Å²) < 4.78 is 0. The molecule has 1 amide bonds. The van der Waals surface area contributed by atoms with E-state index in [0.29, 0.717) is 24.8 Å². The fraction of sp³-hybridized carbons (Fsp3) is 0.500. The molecule has 1 fully saturated rings. The maximum absolute atomic E-state index is 11.4. The molecule has 18 heavy (non-hydrogen) atoms. The number of carbonyl (C=O) groups excluding carboxylic acids is 1. The number of amides is 1. The summed E-state index contributed by atoms with van der Waals surface area (Å²) in [5.41, 5.74) is 2.05. The van der Waals surface area contributed by atoms with E-state index in [1.54, 1.807) is 11.0 Å². The summed E-state index contributed by atoms with van der Waals surface area (Å²) in [6, 6.07) is 5.92. The molecule has 0 bridgehead atoms. The average molecular weight is 248 g/mol. The first kappa shape index (κ1) is 12.9. The third kappa shape index (κ3) is 3.01. The molecule has 1 atom stereocenters. The number of carbonyl (C=O) groups is 1. The summed E-state index contributed by atoms with van der Waals surface area (Å²) in [6.07, 6.45) is 1.48. The van der Waals surface area contributed by atoms with Crippen LogP contribution in [0.25, 0.3) is 0 Å². The number of piperidine rings is 1. The number of phenols is 1. The first-order valence-electron chi connectivity index (χ1n) is 6.32. The van der Waals surface area contributed by atoms with Gasteiger partial charge in [-0.2, -0.15) is 0 Å². The second kappa shape index (κ2) is 5.40. The minimum atomic E-state index is 0.214. The molecule has 0 spiro atoms. The number of nitrogens with zero attached hydrogens (tertiary/aromatic N) is 1. The number of likely N-dealkylation sites (tertiary alicyclic amines) is 1. The second-order valence-electron chi connectivity index (χ2n) is 5.02. The van der Waals surface area contributed by atoms with Gasteiger partial charge >= 0.3 is 0 Å².